The number of fused-ring (bicyclic) bond motifs is 1. The van der Waals surface area contributed by atoms with Crippen LogP contribution in [-0.2, 0) is 0 Å². The Hall–Kier alpha value is -0.770. The average molecular weight is 296 g/mol. The molecule has 1 fully saturated rings. The van der Waals surface area contributed by atoms with E-state index < -0.39 is 6.10 Å². The van der Waals surface area contributed by atoms with Crippen LogP contribution in [0.1, 0.15) is 44.3 Å². The lowest BCUT2D eigenvalue weighted by Gasteiger charge is -2.46. The molecule has 2 aliphatic heterocycles. The zero-order valence-corrected chi connectivity index (χ0v) is 12.7. The van der Waals surface area contributed by atoms with Gasteiger partial charge in [0.25, 0.3) is 0 Å². The van der Waals surface area contributed by atoms with E-state index in [4.69, 9.17) is 16.3 Å². The van der Waals surface area contributed by atoms with Crippen LogP contribution in [0.2, 0.25) is 5.02 Å². The number of hydrogen-bond donors (Lipinski definition) is 1. The van der Waals surface area contributed by atoms with Gasteiger partial charge in [-0.2, -0.15) is 0 Å². The lowest BCUT2D eigenvalue weighted by molar-refractivity contribution is -0.0537. The van der Waals surface area contributed by atoms with Crippen molar-refractivity contribution in [3.05, 3.63) is 28.8 Å². The zero-order valence-electron chi connectivity index (χ0n) is 11.9. The first-order valence-electron chi connectivity index (χ1n) is 7.51. The minimum atomic E-state index is -0.463. The van der Waals surface area contributed by atoms with Crippen molar-refractivity contribution in [2.24, 2.45) is 0 Å². The maximum atomic E-state index is 10.4. The summed E-state index contributed by atoms with van der Waals surface area (Å²) in [6.07, 6.45) is 3.39. The molecule has 1 saturated heterocycles. The van der Waals surface area contributed by atoms with E-state index in [-0.39, 0.29) is 5.60 Å². The number of benzene rings is 1. The molecule has 1 aromatic carbocycles. The third kappa shape index (κ3) is 2.67. The number of halogens is 1. The third-order valence-corrected chi connectivity index (χ3v) is 4.76. The average Bonchev–Trinajstić information content (AvgIpc) is 2.43. The van der Waals surface area contributed by atoms with Crippen molar-refractivity contribution >= 4 is 11.6 Å². The Bertz CT molecular complexity index is 483. The highest BCUT2D eigenvalue weighted by atomic mass is 35.5. The number of ether oxygens (including phenoxy) is 1. The van der Waals surface area contributed by atoms with Crippen molar-refractivity contribution in [2.75, 3.05) is 19.6 Å². The quantitative estimate of drug-likeness (QED) is 0.908. The molecular formula is C16H22ClNO2. The Balaban J connectivity index is 1.76. The largest absolute Gasteiger partial charge is 0.487 e. The van der Waals surface area contributed by atoms with Gasteiger partial charge in [-0.05, 0) is 44.0 Å². The predicted octanol–water partition coefficient (Wildman–Crippen LogP) is 3.40. The Morgan fingerprint density at radius 2 is 2.15 bits per heavy atom. The first kappa shape index (κ1) is 14.2. The Morgan fingerprint density at radius 3 is 2.85 bits per heavy atom. The fourth-order valence-electron chi connectivity index (χ4n) is 3.42. The second-order valence-electron chi connectivity index (χ2n) is 6.03. The minimum Gasteiger partial charge on any atom is -0.487 e. The molecule has 3 nitrogen and oxygen atoms in total. The molecule has 3 rings (SSSR count). The third-order valence-electron chi connectivity index (χ3n) is 4.53. The highest BCUT2D eigenvalue weighted by Crippen LogP contribution is 2.44. The number of likely N-dealkylation sites (tertiary alicyclic amines) is 1. The zero-order chi connectivity index (χ0) is 14.2. The second kappa shape index (κ2) is 5.55. The van der Waals surface area contributed by atoms with Crippen LogP contribution in [-0.4, -0.2) is 35.2 Å². The highest BCUT2D eigenvalue weighted by Gasteiger charge is 2.42. The summed E-state index contributed by atoms with van der Waals surface area (Å²) >= 11 is 6.00. The van der Waals surface area contributed by atoms with Gasteiger partial charge in [-0.1, -0.05) is 18.5 Å². The Kier molecular flexibility index (Phi) is 3.93. The van der Waals surface area contributed by atoms with Gasteiger partial charge in [0.05, 0.1) is 6.10 Å². The summed E-state index contributed by atoms with van der Waals surface area (Å²) in [5.74, 6) is 0.803. The summed E-state index contributed by atoms with van der Waals surface area (Å²) in [7, 11) is 0. The maximum Gasteiger partial charge on any atom is 0.126 e. The molecule has 0 radical (unpaired) electrons. The van der Waals surface area contributed by atoms with Gasteiger partial charge in [-0.15, -0.1) is 0 Å². The molecule has 0 bridgehead atoms. The number of aliphatic hydroxyl groups is 1. The van der Waals surface area contributed by atoms with E-state index in [9.17, 15) is 5.11 Å². The van der Waals surface area contributed by atoms with Crippen LogP contribution < -0.4 is 4.74 Å². The van der Waals surface area contributed by atoms with Crippen LogP contribution in [0.4, 0.5) is 0 Å². The first-order chi connectivity index (χ1) is 9.62. The van der Waals surface area contributed by atoms with Crippen molar-refractivity contribution in [1.29, 1.82) is 0 Å². The van der Waals surface area contributed by atoms with Gasteiger partial charge in [-0.3, -0.25) is 0 Å². The van der Waals surface area contributed by atoms with Crippen molar-refractivity contribution < 1.29 is 9.84 Å². The molecule has 2 heterocycles. The summed E-state index contributed by atoms with van der Waals surface area (Å²) in [4.78, 5) is 2.48. The van der Waals surface area contributed by atoms with Crippen molar-refractivity contribution in [3.63, 3.8) is 0 Å². The Morgan fingerprint density at radius 1 is 1.40 bits per heavy atom. The van der Waals surface area contributed by atoms with Crippen LogP contribution >= 0.6 is 11.6 Å². The van der Waals surface area contributed by atoms with Gasteiger partial charge < -0.3 is 14.7 Å². The Labute approximate surface area is 125 Å². The molecule has 1 aromatic rings. The summed E-state index contributed by atoms with van der Waals surface area (Å²) in [5, 5.41) is 11.1. The van der Waals surface area contributed by atoms with Gasteiger partial charge in [0, 0.05) is 30.1 Å². The SMILES string of the molecule is CCCN1CCC2(CC1)C[C@@H](O)c1cc(Cl)ccc1O2. The summed E-state index contributed by atoms with van der Waals surface area (Å²) < 4.78 is 6.27. The van der Waals surface area contributed by atoms with E-state index in [2.05, 4.69) is 11.8 Å². The monoisotopic (exact) mass is 295 g/mol. The minimum absolute atomic E-state index is 0.190. The van der Waals surface area contributed by atoms with Crippen molar-refractivity contribution in [3.8, 4) is 5.75 Å². The van der Waals surface area contributed by atoms with E-state index >= 15 is 0 Å². The fraction of sp³-hybridized carbons (Fsp3) is 0.625. The molecule has 20 heavy (non-hydrogen) atoms. The van der Waals surface area contributed by atoms with Crippen LogP contribution in [0.5, 0.6) is 5.75 Å². The lowest BCUT2D eigenvalue weighted by atomic mass is 9.81. The standard InChI is InChI=1S/C16H22ClNO2/c1-2-7-18-8-5-16(6-9-18)11-14(19)13-10-12(17)3-4-15(13)20-16/h3-4,10,14,19H,2,5-9,11H2,1H3/t14-/m1/s1. The van der Waals surface area contributed by atoms with E-state index in [1.807, 2.05) is 18.2 Å². The molecule has 1 N–H and O–H groups in total. The molecule has 1 atom stereocenters. The maximum absolute atomic E-state index is 10.4. The smallest absolute Gasteiger partial charge is 0.126 e. The molecule has 4 heteroatoms. The second-order valence-corrected chi connectivity index (χ2v) is 6.47. The highest BCUT2D eigenvalue weighted by molar-refractivity contribution is 6.30. The topological polar surface area (TPSA) is 32.7 Å². The van der Waals surface area contributed by atoms with Gasteiger partial charge in [-0.25, -0.2) is 0 Å². The lowest BCUT2D eigenvalue weighted by Crippen LogP contribution is -2.50. The molecule has 0 aromatic heterocycles. The molecular weight excluding hydrogens is 274 g/mol. The number of piperidine rings is 1. The summed E-state index contributed by atoms with van der Waals surface area (Å²) in [5.41, 5.74) is 0.643. The number of nitrogens with zero attached hydrogens (tertiary/aromatic N) is 1. The molecule has 0 saturated carbocycles. The van der Waals surface area contributed by atoms with Crippen LogP contribution in [0.25, 0.3) is 0 Å². The van der Waals surface area contributed by atoms with Gasteiger partial charge in [0.15, 0.2) is 0 Å². The van der Waals surface area contributed by atoms with E-state index in [0.717, 1.165) is 43.8 Å². The predicted molar refractivity (Wildman–Crippen MR) is 80.4 cm³/mol. The number of aliphatic hydroxyl groups excluding tert-OH is 1. The van der Waals surface area contributed by atoms with Crippen LogP contribution in [0.3, 0.4) is 0 Å². The van der Waals surface area contributed by atoms with E-state index in [1.165, 1.54) is 6.42 Å². The van der Waals surface area contributed by atoms with Crippen LogP contribution in [0, 0.1) is 0 Å². The van der Waals surface area contributed by atoms with Crippen molar-refractivity contribution in [1.82, 2.24) is 4.90 Å². The molecule has 2 aliphatic rings. The molecule has 0 aliphatic carbocycles. The molecule has 1 spiro atoms. The van der Waals surface area contributed by atoms with Crippen molar-refractivity contribution in [2.45, 2.75) is 44.3 Å². The number of hydrogen-bond acceptors (Lipinski definition) is 3. The van der Waals surface area contributed by atoms with Gasteiger partial charge in [0.2, 0.25) is 0 Å². The fourth-order valence-corrected chi connectivity index (χ4v) is 3.60. The van der Waals surface area contributed by atoms with Crippen LogP contribution in [0.15, 0.2) is 18.2 Å². The van der Waals surface area contributed by atoms with E-state index in [0.29, 0.717) is 11.4 Å². The molecule has 0 unspecified atom stereocenters. The first-order valence-corrected chi connectivity index (χ1v) is 7.88. The van der Waals surface area contributed by atoms with E-state index in [1.54, 1.807) is 0 Å². The summed E-state index contributed by atoms with van der Waals surface area (Å²) in [6, 6.07) is 5.54. The van der Waals surface area contributed by atoms with Gasteiger partial charge in [0.1, 0.15) is 11.4 Å². The molecule has 0 amide bonds. The number of rotatable bonds is 2. The van der Waals surface area contributed by atoms with Gasteiger partial charge >= 0.3 is 0 Å². The molecule has 110 valence electrons. The summed E-state index contributed by atoms with van der Waals surface area (Å²) in [6.45, 7) is 5.49. The normalized spacial score (nSPS) is 25.2.